The molecule has 6 nitrogen and oxygen atoms in total. The highest BCUT2D eigenvalue weighted by molar-refractivity contribution is 6.33. The average Bonchev–Trinajstić information content (AvgIpc) is 2.93. The Balaban J connectivity index is 1.90. The predicted octanol–water partition coefficient (Wildman–Crippen LogP) is 2.38. The Morgan fingerprint density at radius 2 is 2.16 bits per heavy atom. The number of rotatable bonds is 4. The van der Waals surface area contributed by atoms with Crippen LogP contribution < -0.4 is 4.74 Å². The second-order valence-corrected chi connectivity index (χ2v) is 7.07. The summed E-state index contributed by atoms with van der Waals surface area (Å²) in [6, 6.07) is 7.12. The van der Waals surface area contributed by atoms with Gasteiger partial charge in [0.1, 0.15) is 5.75 Å². The molecule has 0 bridgehead atoms. The maximum Gasteiger partial charge on any atom is 0.255 e. The van der Waals surface area contributed by atoms with Crippen LogP contribution in [0.4, 0.5) is 0 Å². The first kappa shape index (κ1) is 17.8. The number of fused-ring (bicyclic) bond motifs is 1. The number of hydrogen-bond acceptors (Lipinski definition) is 4. The van der Waals surface area contributed by atoms with Crippen molar-refractivity contribution in [2.75, 3.05) is 34.3 Å². The van der Waals surface area contributed by atoms with Gasteiger partial charge in [-0.1, -0.05) is 11.6 Å². The number of halogens is 1. The van der Waals surface area contributed by atoms with Crippen LogP contribution in [0, 0.1) is 5.92 Å². The summed E-state index contributed by atoms with van der Waals surface area (Å²) in [4.78, 5) is 17.1. The lowest BCUT2D eigenvalue weighted by atomic mass is 10.1. The normalized spacial score (nSPS) is 17.3. The quantitative estimate of drug-likeness (QED) is 0.838. The SMILES string of the molecule is COc1ccc(Cl)c(C(=O)N2Cc3ccnn3C[C@H](CN(C)C)C2)c1. The topological polar surface area (TPSA) is 50.6 Å². The fraction of sp³-hybridized carbons (Fsp3) is 0.444. The summed E-state index contributed by atoms with van der Waals surface area (Å²) in [5.74, 6) is 0.837. The van der Waals surface area contributed by atoms with Gasteiger partial charge in [-0.05, 0) is 38.4 Å². The first-order valence-electron chi connectivity index (χ1n) is 8.26. The Morgan fingerprint density at radius 1 is 1.36 bits per heavy atom. The Kier molecular flexibility index (Phi) is 5.30. The Hall–Kier alpha value is -2.05. The minimum atomic E-state index is -0.0812. The third kappa shape index (κ3) is 3.96. The van der Waals surface area contributed by atoms with Crippen LogP contribution in [0.1, 0.15) is 16.1 Å². The van der Waals surface area contributed by atoms with Crippen molar-refractivity contribution in [2.45, 2.75) is 13.1 Å². The molecular weight excluding hydrogens is 340 g/mol. The predicted molar refractivity (Wildman–Crippen MR) is 97.0 cm³/mol. The molecular formula is C18H23ClN4O2. The van der Waals surface area contributed by atoms with Gasteiger partial charge < -0.3 is 14.5 Å². The summed E-state index contributed by atoms with van der Waals surface area (Å²) in [7, 11) is 5.66. The highest BCUT2D eigenvalue weighted by atomic mass is 35.5. The lowest BCUT2D eigenvalue weighted by Gasteiger charge is -2.26. The molecule has 0 spiro atoms. The van der Waals surface area contributed by atoms with Crippen molar-refractivity contribution >= 4 is 17.5 Å². The van der Waals surface area contributed by atoms with Crippen LogP contribution in [-0.4, -0.2) is 59.8 Å². The summed E-state index contributed by atoms with van der Waals surface area (Å²) in [5, 5.41) is 4.84. The van der Waals surface area contributed by atoms with E-state index in [-0.39, 0.29) is 5.91 Å². The van der Waals surface area contributed by atoms with E-state index in [0.29, 0.717) is 35.3 Å². The van der Waals surface area contributed by atoms with E-state index in [1.165, 1.54) is 0 Å². The number of nitrogens with zero attached hydrogens (tertiary/aromatic N) is 4. The second-order valence-electron chi connectivity index (χ2n) is 6.66. The molecule has 0 saturated carbocycles. The van der Waals surface area contributed by atoms with Crippen molar-refractivity contribution in [3.63, 3.8) is 0 Å². The fourth-order valence-corrected chi connectivity index (χ4v) is 3.48. The largest absolute Gasteiger partial charge is 0.497 e. The summed E-state index contributed by atoms with van der Waals surface area (Å²) in [6.45, 7) is 2.87. The van der Waals surface area contributed by atoms with Gasteiger partial charge in [0.2, 0.25) is 0 Å². The average molecular weight is 363 g/mol. The van der Waals surface area contributed by atoms with Gasteiger partial charge in [-0.2, -0.15) is 5.10 Å². The molecule has 1 amide bonds. The standard InChI is InChI=1S/C18H23ClN4O2/c1-21(2)9-13-10-22(12-14-6-7-20-23(14)11-13)18(24)16-8-15(25-3)4-5-17(16)19/h4-8,13H,9-12H2,1-3H3/t13-/m1/s1. The summed E-state index contributed by atoms with van der Waals surface area (Å²) in [6.07, 6.45) is 1.79. The zero-order valence-corrected chi connectivity index (χ0v) is 15.5. The lowest BCUT2D eigenvalue weighted by molar-refractivity contribution is 0.0711. The summed E-state index contributed by atoms with van der Waals surface area (Å²) < 4.78 is 7.23. The Morgan fingerprint density at radius 3 is 2.88 bits per heavy atom. The van der Waals surface area contributed by atoms with Gasteiger partial charge in [0.15, 0.2) is 0 Å². The molecule has 0 saturated heterocycles. The molecule has 1 aliphatic rings. The maximum atomic E-state index is 13.1. The van der Waals surface area contributed by atoms with Gasteiger partial charge in [0.05, 0.1) is 29.9 Å². The van der Waals surface area contributed by atoms with Gasteiger partial charge in [0.25, 0.3) is 5.91 Å². The number of ether oxygens (including phenoxy) is 1. The number of aromatic nitrogens is 2. The van der Waals surface area contributed by atoms with Crippen molar-refractivity contribution in [2.24, 2.45) is 5.92 Å². The molecule has 134 valence electrons. The number of benzene rings is 1. The van der Waals surface area contributed by atoms with E-state index in [0.717, 1.165) is 18.8 Å². The molecule has 7 heteroatoms. The van der Waals surface area contributed by atoms with Crippen LogP contribution in [0.15, 0.2) is 30.5 Å². The van der Waals surface area contributed by atoms with Gasteiger partial charge in [-0.3, -0.25) is 9.48 Å². The number of carbonyl (C=O) groups excluding carboxylic acids is 1. The molecule has 25 heavy (non-hydrogen) atoms. The van der Waals surface area contributed by atoms with Gasteiger partial charge in [-0.15, -0.1) is 0 Å². The Bertz CT molecular complexity index is 759. The number of carbonyl (C=O) groups is 1. The summed E-state index contributed by atoms with van der Waals surface area (Å²) in [5.41, 5.74) is 1.51. The van der Waals surface area contributed by atoms with Crippen LogP contribution in [0.2, 0.25) is 5.02 Å². The first-order chi connectivity index (χ1) is 12.0. The van der Waals surface area contributed by atoms with Gasteiger partial charge in [0, 0.05) is 31.7 Å². The van der Waals surface area contributed by atoms with Gasteiger partial charge in [-0.25, -0.2) is 0 Å². The maximum absolute atomic E-state index is 13.1. The Labute approximate surface area is 152 Å². The number of amides is 1. The van der Waals surface area contributed by atoms with Crippen molar-refractivity contribution < 1.29 is 9.53 Å². The van der Waals surface area contributed by atoms with E-state index in [9.17, 15) is 4.79 Å². The van der Waals surface area contributed by atoms with Crippen molar-refractivity contribution in [3.8, 4) is 5.75 Å². The van der Waals surface area contributed by atoms with E-state index in [2.05, 4.69) is 10.00 Å². The van der Waals surface area contributed by atoms with E-state index in [1.807, 2.05) is 29.7 Å². The highest BCUT2D eigenvalue weighted by Crippen LogP contribution is 2.25. The third-order valence-electron chi connectivity index (χ3n) is 4.38. The van der Waals surface area contributed by atoms with Crippen LogP contribution in [0.3, 0.4) is 0 Å². The zero-order valence-electron chi connectivity index (χ0n) is 14.8. The van der Waals surface area contributed by atoms with Crippen LogP contribution in [-0.2, 0) is 13.1 Å². The molecule has 1 aromatic carbocycles. The minimum absolute atomic E-state index is 0.0812. The van der Waals surface area contributed by atoms with Crippen molar-refractivity contribution in [1.82, 2.24) is 19.6 Å². The number of methoxy groups -OCH3 is 1. The summed E-state index contributed by atoms with van der Waals surface area (Å²) >= 11 is 6.28. The molecule has 2 heterocycles. The molecule has 1 aromatic heterocycles. The minimum Gasteiger partial charge on any atom is -0.497 e. The molecule has 0 unspecified atom stereocenters. The second kappa shape index (κ2) is 7.45. The van der Waals surface area contributed by atoms with Crippen molar-refractivity contribution in [3.05, 3.63) is 46.7 Å². The smallest absolute Gasteiger partial charge is 0.255 e. The van der Waals surface area contributed by atoms with E-state index in [4.69, 9.17) is 16.3 Å². The van der Waals surface area contributed by atoms with Gasteiger partial charge >= 0.3 is 0 Å². The lowest BCUT2D eigenvalue weighted by Crippen LogP contribution is -2.37. The van der Waals surface area contributed by atoms with Crippen LogP contribution in [0.5, 0.6) is 5.75 Å². The molecule has 0 aliphatic carbocycles. The molecule has 0 fully saturated rings. The first-order valence-corrected chi connectivity index (χ1v) is 8.64. The molecule has 1 atom stereocenters. The van der Waals surface area contributed by atoms with E-state index in [1.54, 1.807) is 31.5 Å². The monoisotopic (exact) mass is 362 g/mol. The fourth-order valence-electron chi connectivity index (χ4n) is 3.29. The molecule has 2 aromatic rings. The number of hydrogen-bond donors (Lipinski definition) is 0. The highest BCUT2D eigenvalue weighted by Gasteiger charge is 2.27. The molecule has 0 radical (unpaired) electrons. The zero-order chi connectivity index (χ0) is 18.0. The molecule has 0 N–H and O–H groups in total. The van der Waals surface area contributed by atoms with E-state index < -0.39 is 0 Å². The van der Waals surface area contributed by atoms with Crippen LogP contribution >= 0.6 is 11.6 Å². The van der Waals surface area contributed by atoms with Crippen molar-refractivity contribution in [1.29, 1.82) is 0 Å². The van der Waals surface area contributed by atoms with E-state index >= 15 is 0 Å². The molecule has 1 aliphatic heterocycles. The van der Waals surface area contributed by atoms with Crippen LogP contribution in [0.25, 0.3) is 0 Å². The third-order valence-corrected chi connectivity index (χ3v) is 4.71. The molecule has 3 rings (SSSR count).